The molecule has 0 bridgehead atoms. The van der Waals surface area contributed by atoms with Crippen LogP contribution in [0, 0.1) is 11.3 Å². The van der Waals surface area contributed by atoms with Gasteiger partial charge >= 0.3 is 0 Å². The molecule has 1 heterocycles. The lowest BCUT2D eigenvalue weighted by molar-refractivity contribution is 0.355. The number of aromatic nitrogens is 1. The Morgan fingerprint density at radius 1 is 1.12 bits per heavy atom. The number of allylic oxidation sites excluding steroid dienone is 1. The number of ether oxygens (including phenoxy) is 2. The van der Waals surface area contributed by atoms with Crippen LogP contribution in [0.3, 0.4) is 0 Å². The Bertz CT molecular complexity index is 959. The van der Waals surface area contributed by atoms with Gasteiger partial charge in [-0.25, -0.2) is 4.98 Å². The molecule has 0 aliphatic carbocycles. The van der Waals surface area contributed by atoms with Crippen molar-refractivity contribution >= 4 is 22.6 Å². The van der Waals surface area contributed by atoms with Gasteiger partial charge in [0.25, 0.3) is 0 Å². The van der Waals surface area contributed by atoms with Crippen molar-refractivity contribution in [1.29, 1.82) is 5.26 Å². The fourth-order valence-electron chi connectivity index (χ4n) is 2.36. The zero-order valence-electron chi connectivity index (χ0n) is 14.4. The SMILES string of the molecule is COc1ccc(-c2csc(/C(C#N)=C\Nc3ccccc3)n2)cc1OC. The van der Waals surface area contributed by atoms with Crippen LogP contribution in [0.4, 0.5) is 5.69 Å². The molecule has 1 N–H and O–H groups in total. The Hall–Kier alpha value is -3.30. The molecule has 5 nitrogen and oxygen atoms in total. The van der Waals surface area contributed by atoms with E-state index in [2.05, 4.69) is 16.4 Å². The van der Waals surface area contributed by atoms with Crippen LogP contribution in [-0.2, 0) is 0 Å². The summed E-state index contributed by atoms with van der Waals surface area (Å²) in [5.74, 6) is 1.30. The number of anilines is 1. The quantitative estimate of drug-likeness (QED) is 0.637. The lowest BCUT2D eigenvalue weighted by Gasteiger charge is -2.08. The van der Waals surface area contributed by atoms with E-state index in [-0.39, 0.29) is 0 Å². The first kappa shape index (κ1) is 17.5. The van der Waals surface area contributed by atoms with Gasteiger partial charge in [0.2, 0.25) is 0 Å². The molecular formula is C20H17N3O2S. The molecule has 6 heteroatoms. The summed E-state index contributed by atoms with van der Waals surface area (Å²) in [6.07, 6.45) is 1.67. The maximum absolute atomic E-state index is 9.46. The van der Waals surface area contributed by atoms with Gasteiger partial charge in [-0.2, -0.15) is 5.26 Å². The number of nitriles is 1. The predicted molar refractivity (Wildman–Crippen MR) is 104 cm³/mol. The molecule has 0 radical (unpaired) electrons. The van der Waals surface area contributed by atoms with E-state index in [9.17, 15) is 5.26 Å². The monoisotopic (exact) mass is 363 g/mol. The van der Waals surface area contributed by atoms with E-state index in [4.69, 9.17) is 9.47 Å². The van der Waals surface area contributed by atoms with Crippen molar-refractivity contribution in [1.82, 2.24) is 4.98 Å². The summed E-state index contributed by atoms with van der Waals surface area (Å²) in [6.45, 7) is 0. The molecule has 0 saturated carbocycles. The van der Waals surface area contributed by atoms with Gasteiger partial charge in [-0.3, -0.25) is 0 Å². The highest BCUT2D eigenvalue weighted by Gasteiger charge is 2.11. The van der Waals surface area contributed by atoms with E-state index in [1.165, 1.54) is 11.3 Å². The molecule has 0 spiro atoms. The highest BCUT2D eigenvalue weighted by molar-refractivity contribution is 7.11. The molecule has 0 aliphatic rings. The molecule has 0 fully saturated rings. The van der Waals surface area contributed by atoms with Gasteiger partial charge in [-0.15, -0.1) is 11.3 Å². The summed E-state index contributed by atoms with van der Waals surface area (Å²) in [5, 5.41) is 15.2. The average Bonchev–Trinajstić information content (AvgIpc) is 3.18. The zero-order chi connectivity index (χ0) is 18.4. The minimum absolute atomic E-state index is 0.477. The second kappa shape index (κ2) is 8.19. The van der Waals surface area contributed by atoms with Crippen LogP contribution >= 0.6 is 11.3 Å². The van der Waals surface area contributed by atoms with E-state index in [1.807, 2.05) is 53.9 Å². The summed E-state index contributed by atoms with van der Waals surface area (Å²) in [5.41, 5.74) is 3.08. The summed E-state index contributed by atoms with van der Waals surface area (Å²) < 4.78 is 10.6. The van der Waals surface area contributed by atoms with E-state index < -0.39 is 0 Å². The van der Waals surface area contributed by atoms with Crippen molar-refractivity contribution in [2.45, 2.75) is 0 Å². The van der Waals surface area contributed by atoms with Gasteiger partial charge in [0.1, 0.15) is 16.6 Å². The highest BCUT2D eigenvalue weighted by atomic mass is 32.1. The van der Waals surface area contributed by atoms with Crippen molar-refractivity contribution in [2.24, 2.45) is 0 Å². The molecule has 2 aromatic carbocycles. The van der Waals surface area contributed by atoms with Crippen LogP contribution in [0.2, 0.25) is 0 Å². The fourth-order valence-corrected chi connectivity index (χ4v) is 3.15. The molecular weight excluding hydrogens is 346 g/mol. The maximum atomic E-state index is 9.46. The van der Waals surface area contributed by atoms with Crippen molar-refractivity contribution in [3.63, 3.8) is 0 Å². The maximum Gasteiger partial charge on any atom is 0.161 e. The standard InChI is InChI=1S/C20H17N3O2S/c1-24-18-9-8-14(10-19(18)25-2)17-13-26-20(23-17)15(11-21)12-22-16-6-4-3-5-7-16/h3-10,12-13,22H,1-2H3/b15-12-. The van der Waals surface area contributed by atoms with Gasteiger partial charge in [-0.05, 0) is 30.3 Å². The second-order valence-electron chi connectivity index (χ2n) is 5.29. The van der Waals surface area contributed by atoms with Gasteiger partial charge in [0.15, 0.2) is 11.5 Å². The van der Waals surface area contributed by atoms with E-state index >= 15 is 0 Å². The summed E-state index contributed by atoms with van der Waals surface area (Å²) >= 11 is 1.42. The Labute approximate surface area is 156 Å². The first-order chi connectivity index (χ1) is 12.7. The second-order valence-corrected chi connectivity index (χ2v) is 6.15. The molecule has 26 heavy (non-hydrogen) atoms. The van der Waals surface area contributed by atoms with Crippen LogP contribution < -0.4 is 14.8 Å². The van der Waals surface area contributed by atoms with E-state index in [0.29, 0.717) is 22.1 Å². The molecule has 0 saturated heterocycles. The molecule has 1 aromatic heterocycles. The first-order valence-electron chi connectivity index (χ1n) is 7.85. The third-order valence-electron chi connectivity index (χ3n) is 3.69. The minimum atomic E-state index is 0.477. The highest BCUT2D eigenvalue weighted by Crippen LogP contribution is 2.33. The summed E-state index contributed by atoms with van der Waals surface area (Å²) in [7, 11) is 3.20. The normalized spacial score (nSPS) is 10.9. The van der Waals surface area contributed by atoms with E-state index in [0.717, 1.165) is 16.9 Å². The third kappa shape index (κ3) is 3.85. The molecule has 0 amide bonds. The molecule has 0 aliphatic heterocycles. The van der Waals surface area contributed by atoms with Crippen molar-refractivity contribution < 1.29 is 9.47 Å². The molecule has 0 atom stereocenters. The van der Waals surface area contributed by atoms with Crippen molar-refractivity contribution in [3.05, 3.63) is 65.1 Å². The number of nitrogens with one attached hydrogen (secondary N) is 1. The third-order valence-corrected chi connectivity index (χ3v) is 4.57. The smallest absolute Gasteiger partial charge is 0.161 e. The summed E-state index contributed by atoms with van der Waals surface area (Å²) in [6, 6.07) is 17.5. The zero-order valence-corrected chi connectivity index (χ0v) is 15.2. The molecule has 0 unspecified atom stereocenters. The number of benzene rings is 2. The number of thiazole rings is 1. The van der Waals surface area contributed by atoms with Crippen LogP contribution in [0.5, 0.6) is 11.5 Å². The molecule has 3 aromatic rings. The molecule has 3 rings (SSSR count). The number of methoxy groups -OCH3 is 2. The Morgan fingerprint density at radius 2 is 1.88 bits per heavy atom. The average molecular weight is 363 g/mol. The molecule has 130 valence electrons. The van der Waals surface area contributed by atoms with Gasteiger partial charge in [0, 0.05) is 22.8 Å². The Kier molecular flexibility index (Phi) is 5.52. The first-order valence-corrected chi connectivity index (χ1v) is 8.73. The number of nitrogens with zero attached hydrogens (tertiary/aromatic N) is 2. The predicted octanol–water partition coefficient (Wildman–Crippen LogP) is 4.80. The van der Waals surface area contributed by atoms with Crippen molar-refractivity contribution in [3.8, 4) is 28.8 Å². The van der Waals surface area contributed by atoms with Gasteiger partial charge in [0.05, 0.1) is 19.9 Å². The van der Waals surface area contributed by atoms with E-state index in [1.54, 1.807) is 20.4 Å². The van der Waals surface area contributed by atoms with Crippen molar-refractivity contribution in [2.75, 3.05) is 19.5 Å². The number of hydrogen-bond donors (Lipinski definition) is 1. The lowest BCUT2D eigenvalue weighted by atomic mass is 10.1. The Morgan fingerprint density at radius 3 is 2.58 bits per heavy atom. The van der Waals surface area contributed by atoms with Crippen LogP contribution in [0.25, 0.3) is 16.8 Å². The van der Waals surface area contributed by atoms with Gasteiger partial charge in [-0.1, -0.05) is 18.2 Å². The Balaban J connectivity index is 1.85. The van der Waals surface area contributed by atoms with Crippen LogP contribution in [-0.4, -0.2) is 19.2 Å². The van der Waals surface area contributed by atoms with Gasteiger partial charge < -0.3 is 14.8 Å². The summed E-state index contributed by atoms with van der Waals surface area (Å²) in [4.78, 5) is 4.59. The number of rotatable bonds is 6. The largest absolute Gasteiger partial charge is 0.493 e. The number of para-hydroxylation sites is 1. The number of hydrogen-bond acceptors (Lipinski definition) is 6. The minimum Gasteiger partial charge on any atom is -0.493 e. The fraction of sp³-hybridized carbons (Fsp3) is 0.100. The lowest BCUT2D eigenvalue weighted by Crippen LogP contribution is -1.92. The topological polar surface area (TPSA) is 67.2 Å². The van der Waals surface area contributed by atoms with Crippen LogP contribution in [0.1, 0.15) is 5.01 Å². The van der Waals surface area contributed by atoms with Crippen LogP contribution in [0.15, 0.2) is 60.1 Å².